The van der Waals surface area contributed by atoms with E-state index >= 15 is 0 Å². The molecule has 0 aliphatic carbocycles. The van der Waals surface area contributed by atoms with Crippen molar-refractivity contribution in [2.24, 2.45) is 0 Å². The van der Waals surface area contributed by atoms with Crippen molar-refractivity contribution < 1.29 is 17.5 Å². The van der Waals surface area contributed by atoms with Crippen molar-refractivity contribution in [2.45, 2.75) is 24.3 Å². The van der Waals surface area contributed by atoms with Gasteiger partial charge in [0.1, 0.15) is 22.6 Å². The van der Waals surface area contributed by atoms with Crippen LogP contribution >= 0.6 is 0 Å². The molecule has 8 heteroatoms. The Hall–Kier alpha value is -2.06. The molecule has 2 heterocycles. The van der Waals surface area contributed by atoms with Gasteiger partial charge >= 0.3 is 0 Å². The summed E-state index contributed by atoms with van der Waals surface area (Å²) in [7, 11) is -3.86. The van der Waals surface area contributed by atoms with E-state index in [0.717, 1.165) is 6.07 Å². The number of ether oxygens (including phenoxy) is 1. The van der Waals surface area contributed by atoms with E-state index in [2.05, 4.69) is 9.97 Å². The molecule has 0 spiro atoms. The van der Waals surface area contributed by atoms with Crippen LogP contribution in [0.2, 0.25) is 0 Å². The van der Waals surface area contributed by atoms with E-state index < -0.39 is 15.8 Å². The number of sulfonamides is 1. The van der Waals surface area contributed by atoms with Gasteiger partial charge in [0.15, 0.2) is 0 Å². The number of hydrogen-bond acceptors (Lipinski definition) is 5. The van der Waals surface area contributed by atoms with Crippen LogP contribution in [-0.2, 0) is 10.0 Å². The molecule has 1 saturated heterocycles. The number of hydrogen-bond donors (Lipinski definition) is 0. The van der Waals surface area contributed by atoms with Gasteiger partial charge in [-0.1, -0.05) is 12.1 Å². The highest BCUT2D eigenvalue weighted by Crippen LogP contribution is 2.24. The topological polar surface area (TPSA) is 72.4 Å². The molecule has 6 nitrogen and oxygen atoms in total. The first-order valence-electron chi connectivity index (χ1n) is 7.18. The second kappa shape index (κ2) is 6.21. The fraction of sp³-hybridized carbons (Fsp3) is 0.333. The SMILES string of the molecule is Cc1nccc(O[C@@H]2CCN(S(=O)(=O)c3ccccc3F)C2)n1. The van der Waals surface area contributed by atoms with Gasteiger partial charge in [-0.2, -0.15) is 9.29 Å². The molecule has 1 aromatic heterocycles. The Kier molecular flexibility index (Phi) is 4.27. The van der Waals surface area contributed by atoms with E-state index in [4.69, 9.17) is 4.74 Å². The number of benzene rings is 1. The quantitative estimate of drug-likeness (QED) is 0.850. The van der Waals surface area contributed by atoms with Crippen LogP contribution in [0.25, 0.3) is 0 Å². The van der Waals surface area contributed by atoms with Crippen molar-refractivity contribution in [3.8, 4) is 5.88 Å². The van der Waals surface area contributed by atoms with Gasteiger partial charge in [0, 0.05) is 18.8 Å². The summed E-state index contributed by atoms with van der Waals surface area (Å²) in [6, 6.07) is 7.00. The standard InChI is InChI=1S/C15H16FN3O3S/c1-11-17-8-6-15(18-11)22-12-7-9-19(10-12)23(20,21)14-5-3-2-4-13(14)16/h2-6,8,12H,7,9-10H2,1H3/t12-/m1/s1. The average molecular weight is 337 g/mol. The normalized spacial score (nSPS) is 19.0. The van der Waals surface area contributed by atoms with E-state index in [9.17, 15) is 12.8 Å². The number of aryl methyl sites for hydroxylation is 1. The smallest absolute Gasteiger partial charge is 0.246 e. The molecule has 0 saturated carbocycles. The van der Waals surface area contributed by atoms with Gasteiger partial charge in [-0.05, 0) is 25.5 Å². The second-order valence-corrected chi connectivity index (χ2v) is 7.17. The molecule has 0 unspecified atom stereocenters. The van der Waals surface area contributed by atoms with Crippen LogP contribution in [0.15, 0.2) is 41.4 Å². The maximum atomic E-state index is 13.8. The van der Waals surface area contributed by atoms with Gasteiger partial charge < -0.3 is 4.74 Å². The molecule has 2 aromatic rings. The van der Waals surface area contributed by atoms with E-state index in [0.29, 0.717) is 18.1 Å². The molecule has 122 valence electrons. The molecule has 1 aromatic carbocycles. The molecular formula is C15H16FN3O3S. The number of aromatic nitrogens is 2. The summed E-state index contributed by atoms with van der Waals surface area (Å²) in [6.45, 7) is 2.20. The fourth-order valence-electron chi connectivity index (χ4n) is 2.48. The predicted octanol–water partition coefficient (Wildman–Crippen LogP) is 1.77. The van der Waals surface area contributed by atoms with Crippen LogP contribution in [0.4, 0.5) is 4.39 Å². The van der Waals surface area contributed by atoms with Crippen molar-refractivity contribution in [1.29, 1.82) is 0 Å². The highest BCUT2D eigenvalue weighted by molar-refractivity contribution is 7.89. The van der Waals surface area contributed by atoms with Crippen LogP contribution in [-0.4, -0.2) is 41.9 Å². The Bertz CT molecular complexity index is 813. The first-order valence-corrected chi connectivity index (χ1v) is 8.62. The first-order chi connectivity index (χ1) is 11.0. The maximum absolute atomic E-state index is 13.8. The molecule has 1 aliphatic heterocycles. The average Bonchev–Trinajstić information content (AvgIpc) is 2.97. The van der Waals surface area contributed by atoms with E-state index in [1.54, 1.807) is 19.2 Å². The maximum Gasteiger partial charge on any atom is 0.246 e. The molecule has 0 bridgehead atoms. The Morgan fingerprint density at radius 2 is 2.09 bits per heavy atom. The largest absolute Gasteiger partial charge is 0.473 e. The van der Waals surface area contributed by atoms with Crippen molar-refractivity contribution >= 4 is 10.0 Å². The summed E-state index contributed by atoms with van der Waals surface area (Å²) in [5, 5.41) is 0. The zero-order valence-corrected chi connectivity index (χ0v) is 13.3. The van der Waals surface area contributed by atoms with Crippen molar-refractivity contribution in [1.82, 2.24) is 14.3 Å². The monoisotopic (exact) mass is 337 g/mol. The summed E-state index contributed by atoms with van der Waals surface area (Å²) < 4.78 is 45.7. The van der Waals surface area contributed by atoms with Crippen LogP contribution in [0, 0.1) is 12.7 Å². The van der Waals surface area contributed by atoms with Gasteiger partial charge in [0.05, 0.1) is 6.54 Å². The molecular weight excluding hydrogens is 321 g/mol. The van der Waals surface area contributed by atoms with E-state index in [1.807, 2.05) is 0 Å². The molecule has 0 radical (unpaired) electrons. The Morgan fingerprint density at radius 3 is 2.83 bits per heavy atom. The molecule has 23 heavy (non-hydrogen) atoms. The zero-order valence-electron chi connectivity index (χ0n) is 12.5. The summed E-state index contributed by atoms with van der Waals surface area (Å²) in [6.07, 6.45) is 1.79. The fourth-order valence-corrected chi connectivity index (χ4v) is 4.03. The van der Waals surface area contributed by atoms with Gasteiger partial charge in [-0.25, -0.2) is 17.8 Å². The number of rotatable bonds is 4. The third-order valence-electron chi connectivity index (χ3n) is 3.60. The molecule has 1 fully saturated rings. The highest BCUT2D eigenvalue weighted by atomic mass is 32.2. The number of nitrogens with zero attached hydrogens (tertiary/aromatic N) is 3. The Labute approximate surface area is 134 Å². The highest BCUT2D eigenvalue weighted by Gasteiger charge is 2.35. The molecule has 3 rings (SSSR count). The number of halogens is 1. The van der Waals surface area contributed by atoms with Crippen LogP contribution in [0.1, 0.15) is 12.2 Å². The lowest BCUT2D eigenvalue weighted by Gasteiger charge is -2.17. The van der Waals surface area contributed by atoms with Crippen LogP contribution in [0.5, 0.6) is 5.88 Å². The lowest BCUT2D eigenvalue weighted by atomic mass is 10.3. The van der Waals surface area contributed by atoms with E-state index in [-0.39, 0.29) is 24.1 Å². The van der Waals surface area contributed by atoms with Crippen LogP contribution < -0.4 is 4.74 Å². The first kappa shape index (κ1) is 15.8. The summed E-state index contributed by atoms with van der Waals surface area (Å²) in [5.74, 6) is 0.243. The third-order valence-corrected chi connectivity index (χ3v) is 5.50. The predicted molar refractivity (Wildman–Crippen MR) is 81.0 cm³/mol. The van der Waals surface area contributed by atoms with Crippen molar-refractivity contribution in [2.75, 3.05) is 13.1 Å². The molecule has 0 amide bonds. The van der Waals surface area contributed by atoms with Gasteiger partial charge in [0.2, 0.25) is 15.9 Å². The minimum atomic E-state index is -3.86. The van der Waals surface area contributed by atoms with Gasteiger partial charge in [-0.3, -0.25) is 0 Å². The van der Waals surface area contributed by atoms with E-state index in [1.165, 1.54) is 22.5 Å². The summed E-state index contributed by atoms with van der Waals surface area (Å²) >= 11 is 0. The lowest BCUT2D eigenvalue weighted by Crippen LogP contribution is -2.31. The van der Waals surface area contributed by atoms with Gasteiger partial charge in [-0.15, -0.1) is 0 Å². The second-order valence-electron chi connectivity index (χ2n) is 5.26. The molecule has 0 N–H and O–H groups in total. The molecule has 1 aliphatic rings. The summed E-state index contributed by atoms with van der Waals surface area (Å²) in [5.41, 5.74) is 0. The lowest BCUT2D eigenvalue weighted by molar-refractivity contribution is 0.206. The van der Waals surface area contributed by atoms with Gasteiger partial charge in [0.25, 0.3) is 0 Å². The minimum Gasteiger partial charge on any atom is -0.473 e. The Balaban J connectivity index is 1.73. The third kappa shape index (κ3) is 3.32. The summed E-state index contributed by atoms with van der Waals surface area (Å²) in [4.78, 5) is 7.81. The Morgan fingerprint density at radius 1 is 1.30 bits per heavy atom. The minimum absolute atomic E-state index is 0.166. The van der Waals surface area contributed by atoms with Crippen LogP contribution in [0.3, 0.4) is 0 Å². The van der Waals surface area contributed by atoms with Crippen molar-refractivity contribution in [3.05, 3.63) is 48.2 Å². The zero-order chi connectivity index (χ0) is 16.4. The van der Waals surface area contributed by atoms with Crippen molar-refractivity contribution in [3.63, 3.8) is 0 Å². The molecule has 1 atom stereocenters.